The molecular weight excluding hydrogens is 295 g/mol. The highest BCUT2D eigenvalue weighted by Crippen LogP contribution is 2.21. The Morgan fingerprint density at radius 2 is 1.73 bits per heavy atom. The van der Waals surface area contributed by atoms with Gasteiger partial charge in [-0.3, -0.25) is 0 Å². The summed E-state index contributed by atoms with van der Waals surface area (Å²) in [6, 6.07) is 15.2. The molecule has 4 heteroatoms. The minimum Gasteiger partial charge on any atom is -0.366 e. The molecule has 0 bridgehead atoms. The van der Waals surface area contributed by atoms with Crippen molar-refractivity contribution >= 4 is 22.9 Å². The lowest BCUT2D eigenvalue weighted by molar-refractivity contribution is 0.390. The summed E-state index contributed by atoms with van der Waals surface area (Å²) in [5.41, 5.74) is 2.99. The van der Waals surface area contributed by atoms with Crippen molar-refractivity contribution < 1.29 is 4.39 Å². The normalized spacial score (nSPS) is 15.0. The molecule has 1 fully saturated rings. The van der Waals surface area contributed by atoms with Crippen LogP contribution in [0.3, 0.4) is 0 Å². The summed E-state index contributed by atoms with van der Waals surface area (Å²) in [5, 5.41) is 0. The first-order chi connectivity index (χ1) is 10.6. The van der Waals surface area contributed by atoms with Gasteiger partial charge in [0.2, 0.25) is 0 Å². The van der Waals surface area contributed by atoms with Gasteiger partial charge >= 0.3 is 0 Å². The first-order valence-electron chi connectivity index (χ1n) is 7.50. The summed E-state index contributed by atoms with van der Waals surface area (Å²) in [5.74, 6) is -0.155. The van der Waals surface area contributed by atoms with E-state index < -0.39 is 0 Å². The molecule has 0 amide bonds. The maximum atomic E-state index is 13.9. The quantitative estimate of drug-likeness (QED) is 0.782. The minimum absolute atomic E-state index is 0.155. The third-order valence-electron chi connectivity index (χ3n) is 4.03. The van der Waals surface area contributed by atoms with Gasteiger partial charge in [0.15, 0.2) is 0 Å². The maximum absolute atomic E-state index is 13.9. The van der Waals surface area contributed by atoms with Gasteiger partial charge in [-0.2, -0.15) is 0 Å². The predicted octanol–water partition coefficient (Wildman–Crippen LogP) is 3.63. The summed E-state index contributed by atoms with van der Waals surface area (Å²) in [7, 11) is 0. The number of thiocarbonyl (C=S) groups is 1. The van der Waals surface area contributed by atoms with Crippen LogP contribution in [0.15, 0.2) is 48.5 Å². The standard InChI is InChI=1S/C18H19FN2S/c1-14-5-4-6-15(13-14)18(22)21-11-9-20(10-12-21)17-8-3-2-7-16(17)19/h2-8,13H,9-12H2,1H3. The molecule has 0 aliphatic carbocycles. The van der Waals surface area contributed by atoms with Crippen molar-refractivity contribution in [2.45, 2.75) is 6.92 Å². The number of hydrogen-bond donors (Lipinski definition) is 0. The third kappa shape index (κ3) is 3.12. The Kier molecular flexibility index (Phi) is 4.39. The molecule has 0 aromatic heterocycles. The first kappa shape index (κ1) is 15.0. The molecule has 22 heavy (non-hydrogen) atoms. The number of rotatable bonds is 2. The van der Waals surface area contributed by atoms with Crippen LogP contribution < -0.4 is 4.90 Å². The highest BCUT2D eigenvalue weighted by Gasteiger charge is 2.21. The SMILES string of the molecule is Cc1cccc(C(=S)N2CCN(c3ccccc3F)CC2)c1. The third-order valence-corrected chi connectivity index (χ3v) is 4.52. The van der Waals surface area contributed by atoms with Gasteiger partial charge in [-0.25, -0.2) is 4.39 Å². The Balaban J connectivity index is 1.67. The van der Waals surface area contributed by atoms with Crippen LogP contribution in [0.1, 0.15) is 11.1 Å². The van der Waals surface area contributed by atoms with Gasteiger partial charge in [-0.05, 0) is 25.1 Å². The molecule has 1 saturated heterocycles. The van der Waals surface area contributed by atoms with Crippen molar-refractivity contribution in [1.82, 2.24) is 4.90 Å². The van der Waals surface area contributed by atoms with E-state index in [0.717, 1.165) is 36.7 Å². The molecule has 2 aromatic rings. The molecule has 0 unspecified atom stereocenters. The number of halogens is 1. The second-order valence-electron chi connectivity index (χ2n) is 5.60. The van der Waals surface area contributed by atoms with Crippen LogP contribution in [-0.4, -0.2) is 36.1 Å². The number of piperazine rings is 1. The molecule has 1 heterocycles. The van der Waals surface area contributed by atoms with Gasteiger partial charge in [-0.15, -0.1) is 0 Å². The Hall–Kier alpha value is -1.94. The zero-order valence-corrected chi connectivity index (χ0v) is 13.4. The van der Waals surface area contributed by atoms with Gasteiger partial charge in [0.05, 0.1) is 5.69 Å². The highest BCUT2D eigenvalue weighted by molar-refractivity contribution is 7.80. The molecule has 0 atom stereocenters. The smallest absolute Gasteiger partial charge is 0.146 e. The number of anilines is 1. The second-order valence-corrected chi connectivity index (χ2v) is 5.99. The number of nitrogens with zero attached hydrogens (tertiary/aromatic N) is 2. The van der Waals surface area contributed by atoms with E-state index in [4.69, 9.17) is 12.2 Å². The molecule has 1 aliphatic heterocycles. The van der Waals surface area contributed by atoms with Gasteiger partial charge in [-0.1, -0.05) is 48.1 Å². The van der Waals surface area contributed by atoms with Crippen LogP contribution >= 0.6 is 12.2 Å². The van der Waals surface area contributed by atoms with E-state index in [1.165, 1.54) is 11.6 Å². The zero-order chi connectivity index (χ0) is 15.5. The van der Waals surface area contributed by atoms with Crippen molar-refractivity contribution in [3.63, 3.8) is 0 Å². The molecule has 2 nitrogen and oxygen atoms in total. The van der Waals surface area contributed by atoms with Gasteiger partial charge in [0.25, 0.3) is 0 Å². The summed E-state index contributed by atoms with van der Waals surface area (Å²) in [4.78, 5) is 5.18. The molecular formula is C18H19FN2S. The van der Waals surface area contributed by atoms with Gasteiger partial charge < -0.3 is 9.80 Å². The lowest BCUT2D eigenvalue weighted by Gasteiger charge is -2.37. The second kappa shape index (κ2) is 6.44. The Morgan fingerprint density at radius 1 is 1.00 bits per heavy atom. The highest BCUT2D eigenvalue weighted by atomic mass is 32.1. The van der Waals surface area contributed by atoms with Crippen molar-refractivity contribution in [2.24, 2.45) is 0 Å². The average Bonchev–Trinajstić information content (AvgIpc) is 2.55. The van der Waals surface area contributed by atoms with Crippen LogP contribution in [0.25, 0.3) is 0 Å². The number of para-hydroxylation sites is 1. The van der Waals surface area contributed by atoms with E-state index in [9.17, 15) is 4.39 Å². The molecule has 0 radical (unpaired) electrons. The fraction of sp³-hybridized carbons (Fsp3) is 0.278. The fourth-order valence-electron chi connectivity index (χ4n) is 2.82. The Labute approximate surface area is 136 Å². The van der Waals surface area contributed by atoms with E-state index >= 15 is 0 Å². The minimum atomic E-state index is -0.155. The molecule has 3 rings (SSSR count). The van der Waals surface area contributed by atoms with Gasteiger partial charge in [0, 0.05) is 31.7 Å². The lowest BCUT2D eigenvalue weighted by Crippen LogP contribution is -2.48. The topological polar surface area (TPSA) is 6.48 Å². The van der Waals surface area contributed by atoms with E-state index in [1.54, 1.807) is 6.07 Å². The van der Waals surface area contributed by atoms with Crippen molar-refractivity contribution in [3.05, 3.63) is 65.5 Å². The van der Waals surface area contributed by atoms with E-state index in [1.807, 2.05) is 18.2 Å². The molecule has 114 valence electrons. The van der Waals surface area contributed by atoms with Crippen molar-refractivity contribution in [1.29, 1.82) is 0 Å². The lowest BCUT2D eigenvalue weighted by atomic mass is 10.1. The molecule has 0 spiro atoms. The maximum Gasteiger partial charge on any atom is 0.146 e. The van der Waals surface area contributed by atoms with Crippen LogP contribution in [0, 0.1) is 12.7 Å². The molecule has 1 aliphatic rings. The number of hydrogen-bond acceptors (Lipinski definition) is 2. The van der Waals surface area contributed by atoms with Crippen LogP contribution in [0.4, 0.5) is 10.1 Å². The van der Waals surface area contributed by atoms with Crippen LogP contribution in [0.2, 0.25) is 0 Å². The average molecular weight is 314 g/mol. The Bertz CT molecular complexity index is 678. The van der Waals surface area contributed by atoms with E-state index in [-0.39, 0.29) is 5.82 Å². The van der Waals surface area contributed by atoms with E-state index in [0.29, 0.717) is 5.69 Å². The van der Waals surface area contributed by atoms with Crippen LogP contribution in [0.5, 0.6) is 0 Å². The molecule has 2 aromatic carbocycles. The number of benzene rings is 2. The van der Waals surface area contributed by atoms with Crippen molar-refractivity contribution in [2.75, 3.05) is 31.1 Å². The monoisotopic (exact) mass is 314 g/mol. The molecule has 0 N–H and O–H groups in total. The summed E-state index contributed by atoms with van der Waals surface area (Å²) >= 11 is 5.61. The predicted molar refractivity (Wildman–Crippen MR) is 93.1 cm³/mol. The fourth-order valence-corrected chi connectivity index (χ4v) is 3.13. The number of aryl methyl sites for hydroxylation is 1. The van der Waals surface area contributed by atoms with Gasteiger partial charge in [0.1, 0.15) is 10.8 Å². The Morgan fingerprint density at radius 3 is 2.41 bits per heavy atom. The first-order valence-corrected chi connectivity index (χ1v) is 7.91. The largest absolute Gasteiger partial charge is 0.366 e. The summed E-state index contributed by atoms with van der Waals surface area (Å²) < 4.78 is 13.9. The van der Waals surface area contributed by atoms with Crippen molar-refractivity contribution in [3.8, 4) is 0 Å². The summed E-state index contributed by atoms with van der Waals surface area (Å²) in [6.07, 6.45) is 0. The zero-order valence-electron chi connectivity index (χ0n) is 12.6. The molecule has 0 saturated carbocycles. The van der Waals surface area contributed by atoms with Crippen LogP contribution in [-0.2, 0) is 0 Å². The summed E-state index contributed by atoms with van der Waals surface area (Å²) in [6.45, 7) is 5.28. The van der Waals surface area contributed by atoms with E-state index in [2.05, 4.69) is 34.9 Å².